The SMILES string of the molecule is O=C1OC(C23CC4CC(CC(C4)C2)C3)=N/C1=C\c1ccc2ccccc2c1. The highest BCUT2D eigenvalue weighted by molar-refractivity contribution is 6.09. The van der Waals surface area contributed by atoms with Crippen LogP contribution in [0.25, 0.3) is 16.8 Å². The first-order valence-electron chi connectivity index (χ1n) is 10.2. The van der Waals surface area contributed by atoms with Gasteiger partial charge in [-0.3, -0.25) is 0 Å². The van der Waals surface area contributed by atoms with Crippen LogP contribution in [-0.4, -0.2) is 11.9 Å². The molecule has 3 heteroatoms. The summed E-state index contributed by atoms with van der Waals surface area (Å²) in [5, 5.41) is 2.37. The van der Waals surface area contributed by atoms with Crippen molar-refractivity contribution in [2.24, 2.45) is 28.2 Å². The minimum Gasteiger partial charge on any atom is -0.406 e. The summed E-state index contributed by atoms with van der Waals surface area (Å²) in [6.07, 6.45) is 9.49. The van der Waals surface area contributed by atoms with E-state index in [4.69, 9.17) is 9.73 Å². The van der Waals surface area contributed by atoms with Crippen LogP contribution >= 0.6 is 0 Å². The van der Waals surface area contributed by atoms with Crippen molar-refractivity contribution in [1.29, 1.82) is 0 Å². The number of fused-ring (bicyclic) bond motifs is 1. The topological polar surface area (TPSA) is 38.7 Å². The molecule has 0 spiro atoms. The lowest BCUT2D eigenvalue weighted by atomic mass is 9.49. The predicted molar refractivity (Wildman–Crippen MR) is 106 cm³/mol. The van der Waals surface area contributed by atoms with Gasteiger partial charge in [0.25, 0.3) is 0 Å². The average Bonchev–Trinajstić information content (AvgIpc) is 3.02. The predicted octanol–water partition coefficient (Wildman–Crippen LogP) is 5.35. The van der Waals surface area contributed by atoms with Crippen LogP contribution in [0.4, 0.5) is 0 Å². The van der Waals surface area contributed by atoms with E-state index in [1.54, 1.807) is 0 Å². The molecule has 2 aromatic rings. The lowest BCUT2D eigenvalue weighted by Crippen LogP contribution is -2.50. The fourth-order valence-electron chi connectivity index (χ4n) is 6.46. The zero-order valence-electron chi connectivity index (χ0n) is 15.4. The molecule has 4 saturated carbocycles. The van der Waals surface area contributed by atoms with Crippen LogP contribution in [0.1, 0.15) is 44.1 Å². The molecule has 0 aromatic heterocycles. The van der Waals surface area contributed by atoms with Crippen LogP contribution < -0.4 is 0 Å². The summed E-state index contributed by atoms with van der Waals surface area (Å²) < 4.78 is 5.76. The van der Waals surface area contributed by atoms with Crippen LogP contribution in [0, 0.1) is 23.2 Å². The molecule has 0 unspecified atom stereocenters. The normalized spacial score (nSPS) is 35.7. The Bertz CT molecular complexity index is 981. The number of benzene rings is 2. The van der Waals surface area contributed by atoms with Crippen LogP contribution in [0.5, 0.6) is 0 Å². The number of cyclic esters (lactones) is 1. The Labute approximate surface area is 159 Å². The molecular weight excluding hydrogens is 334 g/mol. The monoisotopic (exact) mass is 357 g/mol. The van der Waals surface area contributed by atoms with E-state index in [0.717, 1.165) is 48.5 Å². The molecule has 0 radical (unpaired) electrons. The van der Waals surface area contributed by atoms with Crippen LogP contribution in [-0.2, 0) is 9.53 Å². The zero-order valence-corrected chi connectivity index (χ0v) is 15.4. The minimum atomic E-state index is -0.283. The van der Waals surface area contributed by atoms with Crippen LogP contribution in [0.3, 0.4) is 0 Å². The fourth-order valence-corrected chi connectivity index (χ4v) is 6.46. The van der Waals surface area contributed by atoms with Gasteiger partial charge in [-0.2, -0.15) is 0 Å². The number of ether oxygens (including phenoxy) is 1. The average molecular weight is 357 g/mol. The molecule has 4 aliphatic carbocycles. The molecule has 1 aliphatic heterocycles. The summed E-state index contributed by atoms with van der Waals surface area (Å²) in [4.78, 5) is 17.3. The van der Waals surface area contributed by atoms with Gasteiger partial charge in [0, 0.05) is 5.41 Å². The van der Waals surface area contributed by atoms with Crippen molar-refractivity contribution in [1.82, 2.24) is 0 Å². The Morgan fingerprint density at radius 3 is 2.30 bits per heavy atom. The van der Waals surface area contributed by atoms with Gasteiger partial charge >= 0.3 is 5.97 Å². The van der Waals surface area contributed by atoms with Crippen molar-refractivity contribution in [3.05, 3.63) is 53.7 Å². The molecule has 3 nitrogen and oxygen atoms in total. The third-order valence-corrected chi connectivity index (χ3v) is 7.19. The molecule has 27 heavy (non-hydrogen) atoms. The quantitative estimate of drug-likeness (QED) is 0.537. The molecule has 4 fully saturated rings. The number of rotatable bonds is 2. The molecule has 0 saturated heterocycles. The summed E-state index contributed by atoms with van der Waals surface area (Å²) in [6.45, 7) is 0. The highest BCUT2D eigenvalue weighted by Crippen LogP contribution is 2.61. The van der Waals surface area contributed by atoms with Crippen molar-refractivity contribution in [3.8, 4) is 0 Å². The molecule has 4 bridgehead atoms. The maximum absolute atomic E-state index is 12.5. The Morgan fingerprint density at radius 1 is 0.926 bits per heavy atom. The standard InChI is InChI=1S/C24H23NO2/c26-22-21(11-15-5-6-19-3-1-2-4-20(19)10-15)25-23(27-22)24-12-16-7-17(13-24)9-18(8-16)14-24/h1-6,10-11,16-18H,7-9,12-14H2/b21-11-. The second kappa shape index (κ2) is 5.54. The molecule has 0 N–H and O–H groups in total. The fraction of sp³-hybridized carbons (Fsp3) is 0.417. The first-order valence-corrected chi connectivity index (χ1v) is 10.2. The Balaban J connectivity index is 1.35. The summed E-state index contributed by atoms with van der Waals surface area (Å²) in [7, 11) is 0. The summed E-state index contributed by atoms with van der Waals surface area (Å²) >= 11 is 0. The van der Waals surface area contributed by atoms with E-state index in [0.29, 0.717) is 5.70 Å². The number of hydrogen-bond donors (Lipinski definition) is 0. The van der Waals surface area contributed by atoms with Gasteiger partial charge in [0.2, 0.25) is 5.90 Å². The van der Waals surface area contributed by atoms with E-state index in [2.05, 4.69) is 24.3 Å². The van der Waals surface area contributed by atoms with E-state index in [9.17, 15) is 4.79 Å². The maximum atomic E-state index is 12.5. The van der Waals surface area contributed by atoms with Crippen molar-refractivity contribution in [2.45, 2.75) is 38.5 Å². The van der Waals surface area contributed by atoms with Gasteiger partial charge in [-0.1, -0.05) is 36.4 Å². The molecule has 0 amide bonds. The summed E-state index contributed by atoms with van der Waals surface area (Å²) in [5.41, 5.74) is 1.48. The maximum Gasteiger partial charge on any atom is 0.363 e. The lowest BCUT2D eigenvalue weighted by Gasteiger charge is -2.55. The van der Waals surface area contributed by atoms with Crippen molar-refractivity contribution in [2.75, 3.05) is 0 Å². The molecule has 5 aliphatic rings. The second-order valence-corrected chi connectivity index (χ2v) is 9.14. The first kappa shape index (κ1) is 15.6. The van der Waals surface area contributed by atoms with E-state index in [1.165, 1.54) is 30.0 Å². The molecule has 0 atom stereocenters. The highest BCUT2D eigenvalue weighted by atomic mass is 16.6. The van der Waals surface area contributed by atoms with Gasteiger partial charge < -0.3 is 4.74 Å². The lowest BCUT2D eigenvalue weighted by molar-refractivity contribution is -0.131. The molecule has 1 heterocycles. The van der Waals surface area contributed by atoms with E-state index >= 15 is 0 Å². The second-order valence-electron chi connectivity index (χ2n) is 9.14. The number of nitrogens with zero attached hydrogens (tertiary/aromatic N) is 1. The zero-order chi connectivity index (χ0) is 18.0. The van der Waals surface area contributed by atoms with Crippen molar-refractivity contribution < 1.29 is 9.53 Å². The summed E-state index contributed by atoms with van der Waals surface area (Å²) in [6, 6.07) is 14.5. The van der Waals surface area contributed by atoms with E-state index < -0.39 is 0 Å². The third kappa shape index (κ3) is 2.48. The number of carbonyl (C=O) groups excluding carboxylic acids is 1. The number of esters is 1. The molecule has 136 valence electrons. The van der Waals surface area contributed by atoms with Gasteiger partial charge in [0.15, 0.2) is 5.70 Å². The summed E-state index contributed by atoms with van der Waals surface area (Å²) in [5.74, 6) is 2.87. The van der Waals surface area contributed by atoms with Gasteiger partial charge in [-0.15, -0.1) is 0 Å². The number of aliphatic imine (C=N–C) groups is 1. The Kier molecular flexibility index (Phi) is 3.21. The Morgan fingerprint density at radius 2 is 1.59 bits per heavy atom. The molecule has 2 aromatic carbocycles. The van der Waals surface area contributed by atoms with Gasteiger partial charge in [-0.25, -0.2) is 9.79 Å². The van der Waals surface area contributed by atoms with E-state index in [-0.39, 0.29) is 11.4 Å². The minimum absolute atomic E-state index is 0.0311. The largest absolute Gasteiger partial charge is 0.406 e. The highest BCUT2D eigenvalue weighted by Gasteiger charge is 2.55. The van der Waals surface area contributed by atoms with Crippen molar-refractivity contribution in [3.63, 3.8) is 0 Å². The van der Waals surface area contributed by atoms with Gasteiger partial charge in [-0.05, 0) is 84.8 Å². The van der Waals surface area contributed by atoms with E-state index in [1.807, 2.05) is 24.3 Å². The Hall–Kier alpha value is -2.42. The first-order chi connectivity index (χ1) is 13.2. The smallest absolute Gasteiger partial charge is 0.363 e. The van der Waals surface area contributed by atoms with Crippen molar-refractivity contribution >= 4 is 28.7 Å². The number of carbonyl (C=O) groups is 1. The number of hydrogen-bond acceptors (Lipinski definition) is 3. The van der Waals surface area contributed by atoms with Crippen LogP contribution in [0.15, 0.2) is 53.2 Å². The van der Waals surface area contributed by atoms with Gasteiger partial charge in [0.1, 0.15) is 0 Å². The molecular formula is C24H23NO2. The van der Waals surface area contributed by atoms with Crippen LogP contribution in [0.2, 0.25) is 0 Å². The van der Waals surface area contributed by atoms with Gasteiger partial charge in [0.05, 0.1) is 0 Å². The molecule has 7 rings (SSSR count). The third-order valence-electron chi connectivity index (χ3n) is 7.19.